The molecular formula is C21H19BrIN3O. The quantitative estimate of drug-likeness (QED) is 0.266. The highest BCUT2D eigenvalue weighted by atomic mass is 127. The van der Waals surface area contributed by atoms with Gasteiger partial charge in [-0.05, 0) is 101 Å². The van der Waals surface area contributed by atoms with Gasteiger partial charge in [-0.2, -0.15) is 5.10 Å². The summed E-state index contributed by atoms with van der Waals surface area (Å²) in [6.07, 6.45) is 1.69. The minimum Gasteiger partial charge on any atom is -0.318 e. The summed E-state index contributed by atoms with van der Waals surface area (Å²) in [4.78, 5) is 12.2. The Hall–Kier alpha value is -1.93. The van der Waals surface area contributed by atoms with Gasteiger partial charge in [0.2, 0.25) is 0 Å². The lowest BCUT2D eigenvalue weighted by Gasteiger charge is -2.11. The van der Waals surface area contributed by atoms with Gasteiger partial charge in [0.05, 0.1) is 11.8 Å². The predicted octanol–water partition coefficient (Wildman–Crippen LogP) is 5.53. The zero-order valence-electron chi connectivity index (χ0n) is 15.3. The van der Waals surface area contributed by atoms with Crippen molar-refractivity contribution in [2.75, 3.05) is 0 Å². The maximum absolute atomic E-state index is 12.2. The van der Waals surface area contributed by atoms with E-state index in [9.17, 15) is 4.79 Å². The highest BCUT2D eigenvalue weighted by molar-refractivity contribution is 14.1. The Labute approximate surface area is 180 Å². The van der Waals surface area contributed by atoms with Gasteiger partial charge in [0.1, 0.15) is 0 Å². The van der Waals surface area contributed by atoms with Crippen LogP contribution < -0.4 is 5.43 Å². The molecule has 0 spiro atoms. The first-order valence-corrected chi connectivity index (χ1v) is 10.3. The number of hydrogen-bond acceptors (Lipinski definition) is 2. The second-order valence-electron chi connectivity index (χ2n) is 6.27. The van der Waals surface area contributed by atoms with Crippen molar-refractivity contribution in [1.29, 1.82) is 0 Å². The molecule has 0 bridgehead atoms. The van der Waals surface area contributed by atoms with Gasteiger partial charge in [-0.25, -0.2) is 5.43 Å². The Morgan fingerprint density at radius 1 is 1.15 bits per heavy atom. The molecule has 0 fully saturated rings. The van der Waals surface area contributed by atoms with E-state index in [4.69, 9.17) is 0 Å². The molecule has 0 aliphatic carbocycles. The fourth-order valence-electron chi connectivity index (χ4n) is 2.95. The summed E-state index contributed by atoms with van der Waals surface area (Å²) in [5, 5.41) is 4.14. The van der Waals surface area contributed by atoms with E-state index in [-0.39, 0.29) is 5.91 Å². The molecule has 4 nitrogen and oxygen atoms in total. The molecule has 0 aliphatic heterocycles. The van der Waals surface area contributed by atoms with Crippen molar-refractivity contribution in [3.63, 3.8) is 0 Å². The fourth-order valence-corrected chi connectivity index (χ4v) is 3.75. The zero-order chi connectivity index (χ0) is 19.6. The molecule has 3 aromatic rings. The monoisotopic (exact) mass is 535 g/mol. The molecule has 1 heterocycles. The number of carbonyl (C=O) groups is 1. The van der Waals surface area contributed by atoms with Crippen LogP contribution in [0.25, 0.3) is 5.69 Å². The smallest absolute Gasteiger partial charge is 0.272 e. The number of nitrogens with zero attached hydrogens (tertiary/aromatic N) is 2. The molecule has 0 radical (unpaired) electrons. The third-order valence-corrected chi connectivity index (χ3v) is 6.26. The summed E-state index contributed by atoms with van der Waals surface area (Å²) >= 11 is 5.72. The number of halogens is 2. The summed E-state index contributed by atoms with van der Waals surface area (Å²) in [7, 11) is 0. The van der Waals surface area contributed by atoms with E-state index in [1.165, 1.54) is 9.13 Å². The van der Waals surface area contributed by atoms with Gasteiger partial charge in [-0.1, -0.05) is 12.1 Å². The van der Waals surface area contributed by atoms with Crippen LogP contribution in [0.1, 0.15) is 32.9 Å². The number of carbonyl (C=O) groups excluding carboxylic acids is 1. The van der Waals surface area contributed by atoms with Crippen LogP contribution in [0.4, 0.5) is 0 Å². The lowest BCUT2D eigenvalue weighted by atomic mass is 10.2. The summed E-state index contributed by atoms with van der Waals surface area (Å²) in [5.41, 5.74) is 8.67. The molecule has 0 atom stereocenters. The highest BCUT2D eigenvalue weighted by Gasteiger charge is 2.11. The Morgan fingerprint density at radius 3 is 2.59 bits per heavy atom. The van der Waals surface area contributed by atoms with Crippen LogP contribution >= 0.6 is 38.5 Å². The van der Waals surface area contributed by atoms with Gasteiger partial charge in [-0.3, -0.25) is 4.79 Å². The molecule has 2 aromatic carbocycles. The number of hydrogen-bond donors (Lipinski definition) is 1. The third-order valence-electron chi connectivity index (χ3n) is 4.36. The fraction of sp³-hybridized carbons (Fsp3) is 0.143. The minimum absolute atomic E-state index is 0.249. The van der Waals surface area contributed by atoms with E-state index in [2.05, 4.69) is 98.7 Å². The van der Waals surface area contributed by atoms with Crippen LogP contribution in [0.5, 0.6) is 0 Å². The van der Waals surface area contributed by atoms with Crippen molar-refractivity contribution in [1.82, 2.24) is 9.99 Å². The summed E-state index contributed by atoms with van der Waals surface area (Å²) < 4.78 is 4.18. The van der Waals surface area contributed by atoms with Crippen LogP contribution in [-0.2, 0) is 0 Å². The number of amides is 1. The van der Waals surface area contributed by atoms with E-state index in [1.54, 1.807) is 12.3 Å². The first kappa shape index (κ1) is 19.8. The first-order valence-electron chi connectivity index (χ1n) is 8.42. The third kappa shape index (κ3) is 4.32. The zero-order valence-corrected chi connectivity index (χ0v) is 19.0. The lowest BCUT2D eigenvalue weighted by Crippen LogP contribution is -2.18. The standard InChI is InChI=1S/C21H19BrIN3O/c1-13-10-17(8-9-20(13)23)26-14(2)11-16(15(26)3)12-24-25-21(27)18-6-4-5-7-19(18)22/h4-12H,1-3H3,(H,25,27)/b24-12-. The van der Waals surface area contributed by atoms with Gasteiger partial charge in [0.15, 0.2) is 0 Å². The first-order chi connectivity index (χ1) is 12.9. The Balaban J connectivity index is 1.82. The van der Waals surface area contributed by atoms with Crippen LogP contribution in [0.3, 0.4) is 0 Å². The van der Waals surface area contributed by atoms with Crippen molar-refractivity contribution >= 4 is 50.6 Å². The van der Waals surface area contributed by atoms with E-state index in [0.29, 0.717) is 5.56 Å². The number of nitrogens with one attached hydrogen (secondary N) is 1. The van der Waals surface area contributed by atoms with Crippen molar-refractivity contribution in [2.24, 2.45) is 5.10 Å². The molecule has 1 aromatic heterocycles. The Kier molecular flexibility index (Phi) is 6.16. The number of rotatable bonds is 4. The molecule has 6 heteroatoms. The number of aromatic nitrogens is 1. The average Bonchev–Trinajstić information content (AvgIpc) is 2.91. The largest absolute Gasteiger partial charge is 0.318 e. The second kappa shape index (κ2) is 8.39. The summed E-state index contributed by atoms with van der Waals surface area (Å²) in [6.45, 7) is 6.23. The maximum atomic E-state index is 12.2. The lowest BCUT2D eigenvalue weighted by molar-refractivity contribution is 0.0954. The molecule has 0 saturated heterocycles. The highest BCUT2D eigenvalue weighted by Crippen LogP contribution is 2.22. The van der Waals surface area contributed by atoms with Crippen molar-refractivity contribution in [3.05, 3.63) is 84.7 Å². The Morgan fingerprint density at radius 2 is 1.89 bits per heavy atom. The molecule has 1 amide bonds. The molecule has 27 heavy (non-hydrogen) atoms. The van der Waals surface area contributed by atoms with Crippen LogP contribution in [0.15, 0.2) is 58.1 Å². The van der Waals surface area contributed by atoms with Gasteiger partial charge in [-0.15, -0.1) is 0 Å². The Bertz CT molecular complexity index is 1040. The van der Waals surface area contributed by atoms with E-state index >= 15 is 0 Å². The van der Waals surface area contributed by atoms with E-state index in [1.807, 2.05) is 18.2 Å². The molecule has 1 N–H and O–H groups in total. The molecule has 0 saturated carbocycles. The number of benzene rings is 2. The van der Waals surface area contributed by atoms with E-state index < -0.39 is 0 Å². The SMILES string of the molecule is Cc1cc(-n2c(C)cc(/C=N\NC(=O)c3ccccc3Br)c2C)ccc1I. The van der Waals surface area contributed by atoms with Gasteiger partial charge in [0.25, 0.3) is 5.91 Å². The normalized spacial score (nSPS) is 11.1. The van der Waals surface area contributed by atoms with Gasteiger partial charge in [0, 0.05) is 30.7 Å². The van der Waals surface area contributed by atoms with Crippen LogP contribution in [0, 0.1) is 24.3 Å². The van der Waals surface area contributed by atoms with Crippen LogP contribution in [-0.4, -0.2) is 16.7 Å². The molecule has 0 aliphatic rings. The van der Waals surface area contributed by atoms with Crippen molar-refractivity contribution < 1.29 is 4.79 Å². The van der Waals surface area contributed by atoms with Gasteiger partial charge >= 0.3 is 0 Å². The maximum Gasteiger partial charge on any atom is 0.272 e. The van der Waals surface area contributed by atoms with Crippen LogP contribution in [0.2, 0.25) is 0 Å². The number of hydrazone groups is 1. The topological polar surface area (TPSA) is 46.4 Å². The van der Waals surface area contributed by atoms with Crippen molar-refractivity contribution in [3.8, 4) is 5.69 Å². The summed E-state index contributed by atoms with van der Waals surface area (Å²) in [6, 6.07) is 15.7. The average molecular weight is 536 g/mol. The molecule has 3 rings (SSSR count). The number of aryl methyl sites for hydroxylation is 2. The summed E-state index contributed by atoms with van der Waals surface area (Å²) in [5.74, 6) is -0.249. The molecular weight excluding hydrogens is 517 g/mol. The van der Waals surface area contributed by atoms with Gasteiger partial charge < -0.3 is 4.57 Å². The van der Waals surface area contributed by atoms with E-state index in [0.717, 1.165) is 27.1 Å². The molecule has 138 valence electrons. The molecule has 0 unspecified atom stereocenters. The minimum atomic E-state index is -0.249. The van der Waals surface area contributed by atoms with Crippen molar-refractivity contribution in [2.45, 2.75) is 20.8 Å². The second-order valence-corrected chi connectivity index (χ2v) is 8.29. The predicted molar refractivity (Wildman–Crippen MR) is 122 cm³/mol.